The van der Waals surface area contributed by atoms with Crippen molar-refractivity contribution >= 4 is 5.91 Å². The minimum absolute atomic E-state index is 0.00902. The van der Waals surface area contributed by atoms with Crippen molar-refractivity contribution in [3.63, 3.8) is 0 Å². The van der Waals surface area contributed by atoms with Crippen molar-refractivity contribution in [3.05, 3.63) is 71.8 Å². The van der Waals surface area contributed by atoms with E-state index in [0.717, 1.165) is 11.1 Å². The van der Waals surface area contributed by atoms with Crippen molar-refractivity contribution in [1.29, 1.82) is 0 Å². The normalized spacial score (nSPS) is 14.1. The molecule has 3 heteroatoms. The second-order valence-electron chi connectivity index (χ2n) is 6.28. The maximum atomic E-state index is 13.1. The molecule has 0 heterocycles. The molecule has 0 aromatic heterocycles. The summed E-state index contributed by atoms with van der Waals surface area (Å²) in [5.41, 5.74) is 1.13. The molecular formula is C20H25NO2. The molecule has 2 aromatic rings. The first-order chi connectivity index (χ1) is 11.0. The number of amides is 1. The third kappa shape index (κ3) is 3.62. The Hall–Kier alpha value is -2.13. The Morgan fingerprint density at radius 1 is 1.00 bits per heavy atom. The minimum Gasteiger partial charge on any atom is -0.396 e. The van der Waals surface area contributed by atoms with Gasteiger partial charge in [-0.3, -0.25) is 4.79 Å². The lowest BCUT2D eigenvalue weighted by atomic mass is 9.75. The van der Waals surface area contributed by atoms with Gasteiger partial charge in [-0.1, -0.05) is 67.6 Å². The van der Waals surface area contributed by atoms with Gasteiger partial charge in [0.05, 0.1) is 5.41 Å². The van der Waals surface area contributed by atoms with Crippen LogP contribution < -0.4 is 5.32 Å². The number of benzene rings is 2. The topological polar surface area (TPSA) is 49.3 Å². The smallest absolute Gasteiger partial charge is 0.235 e. The third-order valence-corrected chi connectivity index (χ3v) is 4.66. The molecule has 3 nitrogen and oxygen atoms in total. The van der Waals surface area contributed by atoms with Gasteiger partial charge in [0.15, 0.2) is 0 Å². The Morgan fingerprint density at radius 3 is 1.83 bits per heavy atom. The fourth-order valence-electron chi connectivity index (χ4n) is 2.62. The second-order valence-corrected chi connectivity index (χ2v) is 6.28. The van der Waals surface area contributed by atoms with Crippen molar-refractivity contribution in [3.8, 4) is 0 Å². The predicted molar refractivity (Wildman–Crippen MR) is 93.2 cm³/mol. The molecule has 23 heavy (non-hydrogen) atoms. The van der Waals surface area contributed by atoms with Gasteiger partial charge < -0.3 is 10.4 Å². The van der Waals surface area contributed by atoms with E-state index in [9.17, 15) is 9.90 Å². The number of carbonyl (C=O) groups excluding carboxylic acids is 1. The van der Waals surface area contributed by atoms with Crippen molar-refractivity contribution in [2.45, 2.75) is 32.2 Å². The van der Waals surface area contributed by atoms with Gasteiger partial charge in [0, 0.05) is 12.6 Å². The Balaban J connectivity index is 2.41. The van der Waals surface area contributed by atoms with Gasteiger partial charge in [0.2, 0.25) is 5.91 Å². The maximum Gasteiger partial charge on any atom is 0.235 e. The van der Waals surface area contributed by atoms with E-state index in [-0.39, 0.29) is 24.5 Å². The van der Waals surface area contributed by atoms with Crippen LogP contribution in [0.5, 0.6) is 0 Å². The summed E-state index contributed by atoms with van der Waals surface area (Å²) in [5, 5.41) is 12.4. The highest BCUT2D eigenvalue weighted by atomic mass is 16.3. The van der Waals surface area contributed by atoms with Crippen LogP contribution in [0, 0.1) is 5.92 Å². The fraction of sp³-hybridized carbons (Fsp3) is 0.350. The molecule has 2 unspecified atom stereocenters. The summed E-state index contributed by atoms with van der Waals surface area (Å²) in [4.78, 5) is 13.1. The molecule has 0 saturated heterocycles. The summed E-state index contributed by atoms with van der Waals surface area (Å²) in [6.45, 7) is 5.85. The van der Waals surface area contributed by atoms with Crippen LogP contribution >= 0.6 is 0 Å². The molecule has 2 N–H and O–H groups in total. The first-order valence-corrected chi connectivity index (χ1v) is 8.03. The van der Waals surface area contributed by atoms with Crippen molar-refractivity contribution < 1.29 is 9.90 Å². The van der Waals surface area contributed by atoms with E-state index in [2.05, 4.69) is 5.32 Å². The molecule has 2 atom stereocenters. The highest BCUT2D eigenvalue weighted by molar-refractivity contribution is 5.91. The molecule has 0 aliphatic heterocycles. The molecule has 1 amide bonds. The van der Waals surface area contributed by atoms with E-state index in [4.69, 9.17) is 0 Å². The first kappa shape index (κ1) is 17.2. The second kappa shape index (κ2) is 7.42. The number of hydrogen-bond acceptors (Lipinski definition) is 2. The van der Waals surface area contributed by atoms with Gasteiger partial charge >= 0.3 is 0 Å². The monoisotopic (exact) mass is 311 g/mol. The summed E-state index contributed by atoms with van der Waals surface area (Å²) >= 11 is 0. The molecule has 0 aliphatic carbocycles. The highest BCUT2D eigenvalue weighted by Crippen LogP contribution is 2.32. The number of nitrogens with one attached hydrogen (secondary N) is 1. The zero-order valence-electron chi connectivity index (χ0n) is 14.0. The summed E-state index contributed by atoms with van der Waals surface area (Å²) in [6.07, 6.45) is 0. The standard InChI is InChI=1S/C20H25NO2/c1-15(14-22)16(2)21-19(23)20(3,17-10-6-4-7-11-17)18-12-8-5-9-13-18/h4-13,15-16,22H,14H2,1-3H3,(H,21,23). The number of hydrogen-bond donors (Lipinski definition) is 2. The number of rotatable bonds is 6. The van der Waals surface area contributed by atoms with E-state index in [1.807, 2.05) is 81.4 Å². The van der Waals surface area contributed by atoms with E-state index >= 15 is 0 Å². The van der Waals surface area contributed by atoms with Crippen LogP contribution in [-0.2, 0) is 10.2 Å². The highest BCUT2D eigenvalue weighted by Gasteiger charge is 2.37. The molecular weight excluding hydrogens is 286 g/mol. The maximum absolute atomic E-state index is 13.1. The molecule has 2 aromatic carbocycles. The Bertz CT molecular complexity index is 585. The Morgan fingerprint density at radius 2 is 1.43 bits per heavy atom. The Labute approximate surface area is 138 Å². The molecule has 0 fully saturated rings. The van der Waals surface area contributed by atoms with Crippen LogP contribution in [0.3, 0.4) is 0 Å². The van der Waals surface area contributed by atoms with Gasteiger partial charge in [-0.05, 0) is 30.9 Å². The molecule has 122 valence electrons. The summed E-state index contributed by atoms with van der Waals surface area (Å²) in [7, 11) is 0. The lowest BCUT2D eigenvalue weighted by Gasteiger charge is -2.32. The number of aliphatic hydroxyl groups excluding tert-OH is 1. The quantitative estimate of drug-likeness (QED) is 0.861. The molecule has 2 rings (SSSR count). The summed E-state index contributed by atoms with van der Waals surface area (Å²) < 4.78 is 0. The van der Waals surface area contributed by atoms with Crippen LogP contribution in [0.15, 0.2) is 60.7 Å². The molecule has 0 saturated carbocycles. The molecule has 0 bridgehead atoms. The van der Waals surface area contributed by atoms with Crippen LogP contribution in [-0.4, -0.2) is 23.7 Å². The average molecular weight is 311 g/mol. The van der Waals surface area contributed by atoms with E-state index < -0.39 is 5.41 Å². The molecule has 0 radical (unpaired) electrons. The van der Waals surface area contributed by atoms with Gasteiger partial charge in [-0.2, -0.15) is 0 Å². The zero-order valence-corrected chi connectivity index (χ0v) is 14.0. The van der Waals surface area contributed by atoms with Crippen LogP contribution in [0.1, 0.15) is 31.9 Å². The van der Waals surface area contributed by atoms with Gasteiger partial charge in [0.25, 0.3) is 0 Å². The summed E-state index contributed by atoms with van der Waals surface area (Å²) in [6, 6.07) is 19.5. The average Bonchev–Trinajstić information content (AvgIpc) is 2.61. The van der Waals surface area contributed by atoms with Gasteiger partial charge in [-0.15, -0.1) is 0 Å². The van der Waals surface area contributed by atoms with Crippen molar-refractivity contribution in [1.82, 2.24) is 5.32 Å². The van der Waals surface area contributed by atoms with E-state index in [1.165, 1.54) is 0 Å². The molecule has 0 aliphatic rings. The first-order valence-electron chi connectivity index (χ1n) is 8.03. The van der Waals surface area contributed by atoms with Crippen LogP contribution in [0.2, 0.25) is 0 Å². The minimum atomic E-state index is -0.772. The van der Waals surface area contributed by atoms with Gasteiger partial charge in [0.1, 0.15) is 0 Å². The van der Waals surface area contributed by atoms with Crippen LogP contribution in [0.25, 0.3) is 0 Å². The van der Waals surface area contributed by atoms with E-state index in [0.29, 0.717) is 0 Å². The predicted octanol–water partition coefficient (Wildman–Crippen LogP) is 3.13. The largest absolute Gasteiger partial charge is 0.396 e. The van der Waals surface area contributed by atoms with Crippen molar-refractivity contribution in [2.75, 3.05) is 6.61 Å². The third-order valence-electron chi connectivity index (χ3n) is 4.66. The fourth-order valence-corrected chi connectivity index (χ4v) is 2.62. The molecule has 0 spiro atoms. The van der Waals surface area contributed by atoms with Crippen LogP contribution in [0.4, 0.5) is 0 Å². The SMILES string of the molecule is CC(CO)C(C)NC(=O)C(C)(c1ccccc1)c1ccccc1. The lowest BCUT2D eigenvalue weighted by Crippen LogP contribution is -2.48. The summed E-state index contributed by atoms with van der Waals surface area (Å²) in [5.74, 6) is -0.0440. The zero-order chi connectivity index (χ0) is 16.9. The Kier molecular flexibility index (Phi) is 5.56. The van der Waals surface area contributed by atoms with Crippen molar-refractivity contribution in [2.24, 2.45) is 5.92 Å². The number of aliphatic hydroxyl groups is 1. The van der Waals surface area contributed by atoms with Gasteiger partial charge in [-0.25, -0.2) is 0 Å². The lowest BCUT2D eigenvalue weighted by molar-refractivity contribution is -0.125. The number of carbonyl (C=O) groups is 1. The van der Waals surface area contributed by atoms with E-state index in [1.54, 1.807) is 0 Å².